The van der Waals surface area contributed by atoms with Crippen molar-refractivity contribution in [3.05, 3.63) is 68.1 Å². The summed E-state index contributed by atoms with van der Waals surface area (Å²) in [6.45, 7) is 5.20. The van der Waals surface area contributed by atoms with Crippen LogP contribution >= 0.6 is 46.3 Å². The number of rotatable bonds is 3. The van der Waals surface area contributed by atoms with Crippen LogP contribution in [0.25, 0.3) is 16.3 Å². The van der Waals surface area contributed by atoms with Crippen LogP contribution < -0.4 is 9.88 Å². The number of aryl methyl sites for hydroxylation is 1. The van der Waals surface area contributed by atoms with E-state index in [0.717, 1.165) is 27.3 Å². The number of fused-ring (bicyclic) bond motifs is 2. The summed E-state index contributed by atoms with van der Waals surface area (Å²) in [7, 11) is 0. The fraction of sp³-hybridized carbons (Fsp3) is 0.150. The van der Waals surface area contributed by atoms with Crippen LogP contribution in [-0.4, -0.2) is 0 Å². The quantitative estimate of drug-likeness (QED) is 0.460. The third kappa shape index (κ3) is 3.52. The van der Waals surface area contributed by atoms with E-state index in [1.807, 2.05) is 24.3 Å². The van der Waals surface area contributed by atoms with E-state index in [9.17, 15) is 0 Å². The Hall–Kier alpha value is -1.46. The monoisotopic (exact) mass is 419 g/mol. The predicted molar refractivity (Wildman–Crippen MR) is 115 cm³/mol. The van der Waals surface area contributed by atoms with Gasteiger partial charge >= 0.3 is 0 Å². The van der Waals surface area contributed by atoms with Gasteiger partial charge in [0.15, 0.2) is 0 Å². The minimum atomic E-state index is 0.748. The van der Waals surface area contributed by atoms with E-state index in [4.69, 9.17) is 23.2 Å². The second-order valence-corrected chi connectivity index (χ2v) is 9.08. The summed E-state index contributed by atoms with van der Waals surface area (Å²) in [5.74, 6) is 0. The van der Waals surface area contributed by atoms with Crippen molar-refractivity contribution in [2.45, 2.75) is 25.3 Å². The lowest BCUT2D eigenvalue weighted by atomic mass is 10.2. The normalized spacial score (nSPS) is 15.5. The van der Waals surface area contributed by atoms with Crippen LogP contribution in [0.4, 0.5) is 5.69 Å². The average molecular weight is 420 g/mol. The number of hydrogen-bond donors (Lipinski definition) is 1. The Bertz CT molecular complexity index is 1070. The summed E-state index contributed by atoms with van der Waals surface area (Å²) in [6, 6.07) is 12.0. The van der Waals surface area contributed by atoms with Gasteiger partial charge in [0, 0.05) is 27.1 Å². The molecule has 1 aliphatic heterocycles. The summed E-state index contributed by atoms with van der Waals surface area (Å²) >= 11 is 15.8. The fourth-order valence-electron chi connectivity index (χ4n) is 2.98. The first-order chi connectivity index (χ1) is 12.5. The zero-order valence-corrected chi connectivity index (χ0v) is 17.5. The van der Waals surface area contributed by atoms with Crippen molar-refractivity contribution in [3.63, 3.8) is 0 Å². The van der Waals surface area contributed by atoms with E-state index in [1.54, 1.807) is 23.1 Å². The molecule has 0 spiro atoms. The molecule has 0 bridgehead atoms. The largest absolute Gasteiger partial charge is 0.349 e. The lowest BCUT2D eigenvalue weighted by Gasteiger charge is -1.99. The van der Waals surface area contributed by atoms with Gasteiger partial charge < -0.3 is 5.32 Å². The number of hydrogen-bond acceptors (Lipinski definition) is 3. The van der Waals surface area contributed by atoms with E-state index < -0.39 is 0 Å². The summed E-state index contributed by atoms with van der Waals surface area (Å²) in [6.07, 6.45) is 4.41. The summed E-state index contributed by atoms with van der Waals surface area (Å²) in [5.41, 5.74) is 3.45. The molecule has 1 aromatic heterocycles. The molecule has 0 aliphatic carbocycles. The molecule has 0 saturated carbocycles. The topological polar surface area (TPSA) is 15.9 Å². The Labute approximate surface area is 171 Å². The maximum atomic E-state index is 6.18. The number of nitrogens with zero attached hydrogens (tertiary/aromatic N) is 1. The van der Waals surface area contributed by atoms with Gasteiger partial charge in [-0.05, 0) is 55.8 Å². The number of thioether (sulfide) groups is 1. The Balaban J connectivity index is 1.66. The van der Waals surface area contributed by atoms with Gasteiger partial charge in [0.25, 0.3) is 5.01 Å². The smallest absolute Gasteiger partial charge is 0.262 e. The fourth-order valence-corrected chi connectivity index (χ4v) is 5.54. The number of benzene rings is 2. The molecule has 0 fully saturated rings. The summed E-state index contributed by atoms with van der Waals surface area (Å²) in [4.78, 5) is 1.20. The Morgan fingerprint density at radius 2 is 1.92 bits per heavy atom. The van der Waals surface area contributed by atoms with E-state index in [2.05, 4.69) is 48.0 Å². The number of allylic oxidation sites excluding steroid dienone is 2. The number of aromatic nitrogens is 1. The molecular formula is C20H17Cl2N2S2+. The van der Waals surface area contributed by atoms with Crippen molar-refractivity contribution in [1.82, 2.24) is 0 Å². The molecule has 0 radical (unpaired) electrons. The van der Waals surface area contributed by atoms with E-state index in [0.29, 0.717) is 0 Å². The highest BCUT2D eigenvalue weighted by Crippen LogP contribution is 2.42. The highest BCUT2D eigenvalue weighted by Gasteiger charge is 2.19. The third-order valence-electron chi connectivity index (χ3n) is 4.14. The molecule has 1 N–H and O–H groups in total. The SMILES string of the molecule is CC[n+]1c(/C=C(C)/C=C2\Nc3cc(Cl)ccc3S2)sc2ccc(Cl)cc21. The number of thiazole rings is 1. The minimum Gasteiger partial charge on any atom is -0.349 e. The molecule has 132 valence electrons. The van der Waals surface area contributed by atoms with Crippen LogP contribution in [0.2, 0.25) is 10.0 Å². The lowest BCUT2D eigenvalue weighted by Crippen LogP contribution is -2.33. The second-order valence-electron chi connectivity index (χ2n) is 6.06. The van der Waals surface area contributed by atoms with Crippen LogP contribution in [0.5, 0.6) is 0 Å². The van der Waals surface area contributed by atoms with Crippen LogP contribution in [0.15, 0.2) is 58.0 Å². The van der Waals surface area contributed by atoms with E-state index in [-0.39, 0.29) is 0 Å². The highest BCUT2D eigenvalue weighted by atomic mass is 35.5. The van der Waals surface area contributed by atoms with Crippen molar-refractivity contribution in [2.24, 2.45) is 0 Å². The highest BCUT2D eigenvalue weighted by molar-refractivity contribution is 8.03. The van der Waals surface area contributed by atoms with Crippen LogP contribution in [0.1, 0.15) is 18.9 Å². The molecule has 26 heavy (non-hydrogen) atoms. The second kappa shape index (κ2) is 7.28. The maximum absolute atomic E-state index is 6.18. The van der Waals surface area contributed by atoms with Crippen LogP contribution in [0, 0.1) is 0 Å². The molecule has 0 atom stereocenters. The van der Waals surface area contributed by atoms with E-state index >= 15 is 0 Å². The third-order valence-corrected chi connectivity index (χ3v) is 6.74. The molecule has 0 amide bonds. The van der Waals surface area contributed by atoms with Crippen LogP contribution in [0.3, 0.4) is 0 Å². The van der Waals surface area contributed by atoms with Gasteiger partial charge in [0.2, 0.25) is 5.52 Å². The maximum Gasteiger partial charge on any atom is 0.262 e. The molecule has 4 rings (SSSR count). The van der Waals surface area contributed by atoms with E-state index in [1.165, 1.54) is 25.7 Å². The van der Waals surface area contributed by atoms with Gasteiger partial charge in [-0.25, -0.2) is 0 Å². The van der Waals surface area contributed by atoms with Gasteiger partial charge in [-0.1, -0.05) is 46.3 Å². The number of nitrogens with one attached hydrogen (secondary N) is 1. The lowest BCUT2D eigenvalue weighted by molar-refractivity contribution is -0.665. The minimum absolute atomic E-state index is 0.748. The predicted octanol–water partition coefficient (Wildman–Crippen LogP) is 6.98. The first kappa shape index (κ1) is 17.9. The number of halogens is 2. The Morgan fingerprint density at radius 1 is 1.15 bits per heavy atom. The van der Waals surface area contributed by atoms with Crippen molar-refractivity contribution < 1.29 is 4.57 Å². The first-order valence-electron chi connectivity index (χ1n) is 8.30. The molecule has 2 heterocycles. The molecule has 0 unspecified atom stereocenters. The molecule has 3 aromatic rings. The Morgan fingerprint density at radius 3 is 2.73 bits per heavy atom. The molecule has 2 aromatic carbocycles. The molecule has 2 nitrogen and oxygen atoms in total. The standard InChI is InChI=1S/C20H16Cl2N2S2/c1-3-24-16-11-14(22)5-7-18(16)26-20(24)9-12(2)8-19-23-15-10-13(21)4-6-17(15)25-19/h4-11H,3H2,1-2H3/p+1. The van der Waals surface area contributed by atoms with Gasteiger partial charge in [-0.15, -0.1) is 0 Å². The Kier molecular flexibility index (Phi) is 5.02. The van der Waals surface area contributed by atoms with Gasteiger partial charge in [0.05, 0.1) is 10.7 Å². The first-order valence-corrected chi connectivity index (χ1v) is 10.7. The average Bonchev–Trinajstić information content (AvgIpc) is 3.13. The molecule has 1 aliphatic rings. The van der Waals surface area contributed by atoms with Crippen LogP contribution in [-0.2, 0) is 6.54 Å². The van der Waals surface area contributed by atoms with Crippen molar-refractivity contribution in [2.75, 3.05) is 5.32 Å². The zero-order chi connectivity index (χ0) is 18.3. The van der Waals surface area contributed by atoms with Gasteiger partial charge in [0.1, 0.15) is 11.2 Å². The molecule has 0 saturated heterocycles. The number of anilines is 1. The summed E-state index contributed by atoms with van der Waals surface area (Å²) in [5, 5.41) is 7.29. The summed E-state index contributed by atoms with van der Waals surface area (Å²) < 4.78 is 3.55. The van der Waals surface area contributed by atoms with Crippen molar-refractivity contribution in [1.29, 1.82) is 0 Å². The molecule has 6 heteroatoms. The zero-order valence-electron chi connectivity index (χ0n) is 14.3. The molecular weight excluding hydrogens is 403 g/mol. The van der Waals surface area contributed by atoms with Crippen molar-refractivity contribution >= 4 is 68.3 Å². The van der Waals surface area contributed by atoms with Crippen molar-refractivity contribution in [3.8, 4) is 0 Å². The van der Waals surface area contributed by atoms with Gasteiger partial charge in [-0.2, -0.15) is 4.57 Å². The van der Waals surface area contributed by atoms with Gasteiger partial charge in [-0.3, -0.25) is 0 Å².